The number of nitrogens with two attached hydrogens (primary N) is 1. The van der Waals surface area contributed by atoms with Gasteiger partial charge >= 0.3 is 0 Å². The van der Waals surface area contributed by atoms with Crippen LogP contribution in [0.25, 0.3) is 0 Å². The standard InChI is InChI=1S/C13H10Cl2FNO/c14-10-3-1-8(5-12(10)16)7-18-9-2-4-13(17)11(15)6-9/h1-6H,7,17H2. The zero-order valence-corrected chi connectivity index (χ0v) is 10.8. The smallest absolute Gasteiger partial charge is 0.142 e. The second kappa shape index (κ2) is 5.46. The van der Waals surface area contributed by atoms with Crippen molar-refractivity contribution in [3.05, 3.63) is 57.8 Å². The van der Waals surface area contributed by atoms with E-state index in [4.69, 9.17) is 33.7 Å². The Kier molecular flexibility index (Phi) is 3.94. The van der Waals surface area contributed by atoms with E-state index in [1.54, 1.807) is 24.3 Å². The molecule has 18 heavy (non-hydrogen) atoms. The van der Waals surface area contributed by atoms with Crippen LogP contribution in [0.5, 0.6) is 5.75 Å². The fourth-order valence-corrected chi connectivity index (χ4v) is 1.68. The molecule has 0 atom stereocenters. The summed E-state index contributed by atoms with van der Waals surface area (Å²) in [6.07, 6.45) is 0. The minimum absolute atomic E-state index is 0.0919. The van der Waals surface area contributed by atoms with Gasteiger partial charge in [0, 0.05) is 6.07 Å². The molecule has 0 saturated heterocycles. The van der Waals surface area contributed by atoms with Crippen molar-refractivity contribution in [3.63, 3.8) is 0 Å². The van der Waals surface area contributed by atoms with Gasteiger partial charge < -0.3 is 10.5 Å². The normalized spacial score (nSPS) is 10.4. The number of benzene rings is 2. The lowest BCUT2D eigenvalue weighted by Gasteiger charge is -2.08. The van der Waals surface area contributed by atoms with E-state index in [9.17, 15) is 4.39 Å². The SMILES string of the molecule is Nc1ccc(OCc2ccc(Cl)c(F)c2)cc1Cl. The Morgan fingerprint density at radius 1 is 1.06 bits per heavy atom. The maximum Gasteiger partial charge on any atom is 0.142 e. The van der Waals surface area contributed by atoms with Crippen LogP contribution in [-0.4, -0.2) is 0 Å². The zero-order chi connectivity index (χ0) is 13.1. The summed E-state index contributed by atoms with van der Waals surface area (Å²) in [7, 11) is 0. The second-order valence-electron chi connectivity index (χ2n) is 3.72. The molecule has 0 aliphatic carbocycles. The zero-order valence-electron chi connectivity index (χ0n) is 9.29. The highest BCUT2D eigenvalue weighted by Gasteiger charge is 2.03. The molecule has 0 aliphatic heterocycles. The third kappa shape index (κ3) is 3.06. The van der Waals surface area contributed by atoms with Crippen molar-refractivity contribution >= 4 is 28.9 Å². The molecule has 0 fully saturated rings. The van der Waals surface area contributed by atoms with Crippen LogP contribution in [0.3, 0.4) is 0 Å². The number of hydrogen-bond donors (Lipinski definition) is 1. The summed E-state index contributed by atoms with van der Waals surface area (Å²) in [6, 6.07) is 9.49. The highest BCUT2D eigenvalue weighted by molar-refractivity contribution is 6.33. The summed E-state index contributed by atoms with van der Waals surface area (Å²) in [5, 5.41) is 0.518. The Balaban J connectivity index is 2.06. The number of nitrogen functional groups attached to an aromatic ring is 1. The first-order chi connectivity index (χ1) is 8.56. The Morgan fingerprint density at radius 3 is 2.50 bits per heavy atom. The highest BCUT2D eigenvalue weighted by Crippen LogP contribution is 2.25. The van der Waals surface area contributed by atoms with Crippen LogP contribution in [0.1, 0.15) is 5.56 Å². The van der Waals surface area contributed by atoms with E-state index in [1.807, 2.05) is 0 Å². The number of ether oxygens (including phenoxy) is 1. The molecular weight excluding hydrogens is 276 g/mol. The molecule has 2 nitrogen and oxygen atoms in total. The van der Waals surface area contributed by atoms with Gasteiger partial charge in [-0.2, -0.15) is 0 Å². The van der Waals surface area contributed by atoms with Gasteiger partial charge in [-0.05, 0) is 29.8 Å². The fourth-order valence-electron chi connectivity index (χ4n) is 1.39. The second-order valence-corrected chi connectivity index (χ2v) is 4.53. The van der Waals surface area contributed by atoms with E-state index in [2.05, 4.69) is 0 Å². The molecular formula is C13H10Cl2FNO. The number of hydrogen-bond acceptors (Lipinski definition) is 2. The highest BCUT2D eigenvalue weighted by atomic mass is 35.5. The number of halogens is 3. The van der Waals surface area contributed by atoms with Gasteiger partial charge in [-0.25, -0.2) is 4.39 Å². The maximum absolute atomic E-state index is 13.2. The molecule has 0 heterocycles. The Hall–Kier alpha value is -1.45. The molecule has 5 heteroatoms. The van der Waals surface area contributed by atoms with E-state index in [0.29, 0.717) is 22.0 Å². The molecule has 94 valence electrons. The molecule has 0 aromatic heterocycles. The van der Waals surface area contributed by atoms with Crippen LogP contribution in [0.4, 0.5) is 10.1 Å². The van der Waals surface area contributed by atoms with Gasteiger partial charge in [0.15, 0.2) is 0 Å². The Morgan fingerprint density at radius 2 is 1.83 bits per heavy atom. The molecule has 0 bridgehead atoms. The van der Waals surface area contributed by atoms with E-state index in [1.165, 1.54) is 12.1 Å². The molecule has 2 aromatic rings. The summed E-state index contributed by atoms with van der Waals surface area (Å²) in [6.45, 7) is 0.230. The lowest BCUT2D eigenvalue weighted by molar-refractivity contribution is 0.305. The average molecular weight is 286 g/mol. The van der Waals surface area contributed by atoms with Crippen LogP contribution >= 0.6 is 23.2 Å². The van der Waals surface area contributed by atoms with Crippen LogP contribution in [0, 0.1) is 5.82 Å². The number of anilines is 1. The van der Waals surface area contributed by atoms with Crippen molar-refractivity contribution in [1.29, 1.82) is 0 Å². The molecule has 2 rings (SSSR count). The third-order valence-electron chi connectivity index (χ3n) is 2.36. The van der Waals surface area contributed by atoms with Crippen molar-refractivity contribution in [2.75, 3.05) is 5.73 Å². The average Bonchev–Trinajstić information content (AvgIpc) is 2.35. The largest absolute Gasteiger partial charge is 0.489 e. The Labute approximate surface area is 114 Å². The minimum Gasteiger partial charge on any atom is -0.489 e. The maximum atomic E-state index is 13.2. The van der Waals surface area contributed by atoms with Gasteiger partial charge in [0.25, 0.3) is 0 Å². The van der Waals surface area contributed by atoms with E-state index >= 15 is 0 Å². The van der Waals surface area contributed by atoms with E-state index in [-0.39, 0.29) is 11.6 Å². The van der Waals surface area contributed by atoms with Crippen LogP contribution in [0.15, 0.2) is 36.4 Å². The summed E-state index contributed by atoms with van der Waals surface area (Å²) in [5.74, 6) is 0.109. The van der Waals surface area contributed by atoms with Gasteiger partial charge in [0.05, 0.1) is 15.7 Å². The van der Waals surface area contributed by atoms with Gasteiger partial charge in [0.1, 0.15) is 18.2 Å². The fraction of sp³-hybridized carbons (Fsp3) is 0.0769. The summed E-state index contributed by atoms with van der Waals surface area (Å²) < 4.78 is 18.7. The molecule has 0 amide bonds. The summed E-state index contributed by atoms with van der Waals surface area (Å²) in [4.78, 5) is 0. The van der Waals surface area contributed by atoms with Crippen molar-refractivity contribution in [1.82, 2.24) is 0 Å². The van der Waals surface area contributed by atoms with Gasteiger partial charge in [0.2, 0.25) is 0 Å². The first-order valence-electron chi connectivity index (χ1n) is 5.18. The molecule has 0 radical (unpaired) electrons. The quantitative estimate of drug-likeness (QED) is 0.854. The molecule has 0 saturated carbocycles. The van der Waals surface area contributed by atoms with Crippen LogP contribution < -0.4 is 10.5 Å². The van der Waals surface area contributed by atoms with Gasteiger partial charge in [-0.3, -0.25) is 0 Å². The predicted octanol–water partition coefficient (Wildman–Crippen LogP) is 4.29. The minimum atomic E-state index is -0.465. The molecule has 0 aliphatic rings. The molecule has 2 aromatic carbocycles. The molecule has 0 unspecified atom stereocenters. The molecule has 2 N–H and O–H groups in total. The first kappa shape index (κ1) is 13.0. The van der Waals surface area contributed by atoms with Crippen molar-refractivity contribution in [2.24, 2.45) is 0 Å². The van der Waals surface area contributed by atoms with Gasteiger partial charge in [-0.15, -0.1) is 0 Å². The predicted molar refractivity (Wildman–Crippen MR) is 71.6 cm³/mol. The first-order valence-corrected chi connectivity index (χ1v) is 5.93. The van der Waals surface area contributed by atoms with Crippen molar-refractivity contribution < 1.29 is 9.13 Å². The van der Waals surface area contributed by atoms with Gasteiger partial charge in [-0.1, -0.05) is 29.3 Å². The van der Waals surface area contributed by atoms with Crippen LogP contribution in [0.2, 0.25) is 10.0 Å². The molecule has 0 spiro atoms. The van der Waals surface area contributed by atoms with E-state index in [0.717, 1.165) is 0 Å². The van der Waals surface area contributed by atoms with Crippen molar-refractivity contribution in [2.45, 2.75) is 6.61 Å². The monoisotopic (exact) mass is 285 g/mol. The van der Waals surface area contributed by atoms with Crippen LogP contribution in [-0.2, 0) is 6.61 Å². The third-order valence-corrected chi connectivity index (χ3v) is 3.00. The Bertz CT molecular complexity index is 523. The number of rotatable bonds is 3. The summed E-state index contributed by atoms with van der Waals surface area (Å²) in [5.41, 5.74) is 6.75. The lowest BCUT2D eigenvalue weighted by atomic mass is 10.2. The topological polar surface area (TPSA) is 35.2 Å². The lowest BCUT2D eigenvalue weighted by Crippen LogP contribution is -1.97. The van der Waals surface area contributed by atoms with E-state index < -0.39 is 5.82 Å². The summed E-state index contributed by atoms with van der Waals surface area (Å²) >= 11 is 11.4. The van der Waals surface area contributed by atoms with Crippen molar-refractivity contribution in [3.8, 4) is 5.75 Å².